The standard InChI is InChI=1S/C23H23N5O3/c1-15-6-5-12-24-22(15)25-20(29)11-13-27-21(30)10-9-18(26-27)23(31)28-16(2)14-17-7-3-4-8-19(17)28/h3-10,12,16H,11,13-14H2,1-2H3,(H,24,25,29)/t16-/m0/s1. The van der Waals surface area contributed by atoms with Gasteiger partial charge in [0.25, 0.3) is 11.5 Å². The van der Waals surface area contributed by atoms with Crippen LogP contribution in [0.5, 0.6) is 0 Å². The van der Waals surface area contributed by atoms with Crippen LogP contribution < -0.4 is 15.8 Å². The fourth-order valence-electron chi connectivity index (χ4n) is 3.74. The van der Waals surface area contributed by atoms with Crippen molar-refractivity contribution in [1.29, 1.82) is 0 Å². The maximum Gasteiger partial charge on any atom is 0.278 e. The number of hydrogen-bond acceptors (Lipinski definition) is 5. The van der Waals surface area contributed by atoms with Crippen molar-refractivity contribution in [2.24, 2.45) is 0 Å². The van der Waals surface area contributed by atoms with Crippen LogP contribution in [0, 0.1) is 6.92 Å². The van der Waals surface area contributed by atoms with Gasteiger partial charge in [-0.25, -0.2) is 9.67 Å². The van der Waals surface area contributed by atoms with Crippen LogP contribution in [0.15, 0.2) is 59.5 Å². The first-order valence-corrected chi connectivity index (χ1v) is 10.1. The van der Waals surface area contributed by atoms with Crippen LogP contribution in [0.4, 0.5) is 11.5 Å². The summed E-state index contributed by atoms with van der Waals surface area (Å²) in [5, 5.41) is 6.97. The zero-order chi connectivity index (χ0) is 22.0. The summed E-state index contributed by atoms with van der Waals surface area (Å²) in [6.07, 6.45) is 2.40. The van der Waals surface area contributed by atoms with E-state index in [1.54, 1.807) is 17.2 Å². The molecule has 1 atom stereocenters. The molecule has 158 valence electrons. The first-order valence-electron chi connectivity index (χ1n) is 10.1. The Balaban J connectivity index is 1.49. The first-order chi connectivity index (χ1) is 14.9. The molecule has 1 aromatic carbocycles. The van der Waals surface area contributed by atoms with Crippen molar-refractivity contribution in [1.82, 2.24) is 14.8 Å². The molecule has 0 fully saturated rings. The highest BCUT2D eigenvalue weighted by molar-refractivity contribution is 6.06. The van der Waals surface area contributed by atoms with Crippen molar-refractivity contribution in [2.75, 3.05) is 10.2 Å². The number of pyridine rings is 1. The number of benzene rings is 1. The van der Waals surface area contributed by atoms with E-state index in [0.717, 1.165) is 27.9 Å². The van der Waals surface area contributed by atoms with E-state index in [1.807, 2.05) is 44.2 Å². The predicted molar refractivity (Wildman–Crippen MR) is 117 cm³/mol. The second-order valence-electron chi connectivity index (χ2n) is 7.60. The zero-order valence-corrected chi connectivity index (χ0v) is 17.4. The third kappa shape index (κ3) is 4.23. The lowest BCUT2D eigenvalue weighted by Gasteiger charge is -2.22. The highest BCUT2D eigenvalue weighted by Crippen LogP contribution is 2.32. The minimum absolute atomic E-state index is 0.000493. The molecular weight excluding hydrogens is 394 g/mol. The number of aryl methyl sites for hydroxylation is 2. The summed E-state index contributed by atoms with van der Waals surface area (Å²) in [4.78, 5) is 43.5. The minimum atomic E-state index is -0.367. The molecule has 4 rings (SSSR count). The van der Waals surface area contributed by atoms with Gasteiger partial charge in [-0.05, 0) is 49.6 Å². The lowest BCUT2D eigenvalue weighted by molar-refractivity contribution is -0.116. The van der Waals surface area contributed by atoms with Gasteiger partial charge in [-0.2, -0.15) is 5.10 Å². The molecule has 0 saturated heterocycles. The number of para-hydroxylation sites is 1. The Bertz CT molecular complexity index is 1200. The van der Waals surface area contributed by atoms with E-state index >= 15 is 0 Å². The molecule has 0 spiro atoms. The summed E-state index contributed by atoms with van der Waals surface area (Å²) in [5.41, 5.74) is 2.62. The summed E-state index contributed by atoms with van der Waals surface area (Å²) in [6, 6.07) is 14.2. The van der Waals surface area contributed by atoms with Gasteiger partial charge in [0.05, 0.1) is 6.54 Å². The topological polar surface area (TPSA) is 97.2 Å². The third-order valence-electron chi connectivity index (χ3n) is 5.33. The number of rotatable bonds is 5. The van der Waals surface area contributed by atoms with Gasteiger partial charge in [0.2, 0.25) is 5.91 Å². The summed E-state index contributed by atoms with van der Waals surface area (Å²) in [7, 11) is 0. The van der Waals surface area contributed by atoms with E-state index < -0.39 is 0 Å². The molecule has 31 heavy (non-hydrogen) atoms. The van der Waals surface area contributed by atoms with Crippen LogP contribution in [0.2, 0.25) is 0 Å². The maximum atomic E-state index is 13.2. The van der Waals surface area contributed by atoms with Gasteiger partial charge in [-0.15, -0.1) is 0 Å². The van der Waals surface area contributed by atoms with E-state index in [-0.39, 0.29) is 42.1 Å². The van der Waals surface area contributed by atoms with Crippen LogP contribution >= 0.6 is 0 Å². The fourth-order valence-corrected chi connectivity index (χ4v) is 3.74. The van der Waals surface area contributed by atoms with Crippen molar-refractivity contribution in [3.63, 3.8) is 0 Å². The monoisotopic (exact) mass is 417 g/mol. The maximum absolute atomic E-state index is 13.2. The van der Waals surface area contributed by atoms with E-state index in [9.17, 15) is 14.4 Å². The molecule has 1 aliphatic heterocycles. The molecule has 0 aliphatic carbocycles. The highest BCUT2D eigenvalue weighted by Gasteiger charge is 2.32. The average Bonchev–Trinajstić information content (AvgIpc) is 3.10. The van der Waals surface area contributed by atoms with Gasteiger partial charge in [0.15, 0.2) is 0 Å². The van der Waals surface area contributed by atoms with Gasteiger partial charge in [-0.3, -0.25) is 14.4 Å². The molecule has 0 bridgehead atoms. The van der Waals surface area contributed by atoms with Crippen molar-refractivity contribution < 1.29 is 9.59 Å². The minimum Gasteiger partial charge on any atom is -0.310 e. The highest BCUT2D eigenvalue weighted by atomic mass is 16.2. The Morgan fingerprint density at radius 1 is 1.13 bits per heavy atom. The first kappa shape index (κ1) is 20.5. The summed E-state index contributed by atoms with van der Waals surface area (Å²) < 4.78 is 1.16. The second kappa shape index (κ2) is 8.51. The lowest BCUT2D eigenvalue weighted by Crippen LogP contribution is -2.37. The molecule has 3 aromatic rings. The second-order valence-corrected chi connectivity index (χ2v) is 7.60. The van der Waals surface area contributed by atoms with Crippen molar-refractivity contribution in [2.45, 2.75) is 39.3 Å². The Morgan fingerprint density at radius 3 is 2.74 bits per heavy atom. The van der Waals surface area contributed by atoms with Gasteiger partial charge in [0, 0.05) is 30.4 Å². The van der Waals surface area contributed by atoms with Gasteiger partial charge >= 0.3 is 0 Å². The number of hydrogen-bond donors (Lipinski definition) is 1. The molecule has 2 aromatic heterocycles. The molecule has 0 saturated carbocycles. The summed E-state index contributed by atoms with van der Waals surface area (Å²) in [5.74, 6) is -0.0625. The average molecular weight is 417 g/mol. The van der Waals surface area contributed by atoms with Crippen molar-refractivity contribution in [3.8, 4) is 0 Å². The number of aromatic nitrogens is 3. The van der Waals surface area contributed by atoms with Gasteiger partial charge in [-0.1, -0.05) is 24.3 Å². The van der Waals surface area contributed by atoms with Crippen LogP contribution in [0.1, 0.15) is 35.0 Å². The SMILES string of the molecule is Cc1cccnc1NC(=O)CCn1nc(C(=O)N2c3ccccc3C[C@@H]2C)ccc1=O. The van der Waals surface area contributed by atoms with Crippen LogP contribution in [-0.4, -0.2) is 32.6 Å². The fraction of sp³-hybridized carbons (Fsp3) is 0.261. The quantitative estimate of drug-likeness (QED) is 0.688. The Kier molecular flexibility index (Phi) is 5.62. The third-order valence-corrected chi connectivity index (χ3v) is 5.33. The Morgan fingerprint density at radius 2 is 1.94 bits per heavy atom. The summed E-state index contributed by atoms with van der Waals surface area (Å²) in [6.45, 7) is 3.89. The van der Waals surface area contributed by atoms with Gasteiger partial charge in [0.1, 0.15) is 11.5 Å². The molecule has 8 nitrogen and oxygen atoms in total. The lowest BCUT2D eigenvalue weighted by atomic mass is 10.1. The molecule has 3 heterocycles. The number of amides is 2. The van der Waals surface area contributed by atoms with Crippen molar-refractivity contribution >= 4 is 23.3 Å². The zero-order valence-electron chi connectivity index (χ0n) is 17.4. The molecule has 0 unspecified atom stereocenters. The van der Waals surface area contributed by atoms with E-state index in [4.69, 9.17) is 0 Å². The van der Waals surface area contributed by atoms with E-state index in [0.29, 0.717) is 5.82 Å². The van der Waals surface area contributed by atoms with Crippen LogP contribution in [0.25, 0.3) is 0 Å². The number of nitrogens with one attached hydrogen (secondary N) is 1. The predicted octanol–water partition coefficient (Wildman–Crippen LogP) is 2.57. The molecule has 1 aliphatic rings. The van der Waals surface area contributed by atoms with Crippen molar-refractivity contribution in [3.05, 3.63) is 81.9 Å². The number of carbonyl (C=O) groups is 2. The molecule has 8 heteroatoms. The number of anilines is 2. The number of fused-ring (bicyclic) bond motifs is 1. The van der Waals surface area contributed by atoms with E-state index in [2.05, 4.69) is 15.4 Å². The smallest absolute Gasteiger partial charge is 0.278 e. The van der Waals surface area contributed by atoms with Crippen LogP contribution in [0.3, 0.4) is 0 Å². The number of nitrogens with zero attached hydrogens (tertiary/aromatic N) is 4. The molecule has 0 radical (unpaired) electrons. The summed E-state index contributed by atoms with van der Waals surface area (Å²) >= 11 is 0. The molecule has 2 amide bonds. The van der Waals surface area contributed by atoms with Crippen LogP contribution in [-0.2, 0) is 17.8 Å². The largest absolute Gasteiger partial charge is 0.310 e. The Labute approximate surface area is 179 Å². The normalized spacial score (nSPS) is 14.9. The van der Waals surface area contributed by atoms with E-state index in [1.165, 1.54) is 12.1 Å². The molecular formula is C23H23N5O3. The van der Waals surface area contributed by atoms with Gasteiger partial charge < -0.3 is 10.2 Å². The Hall–Kier alpha value is -3.81. The molecule has 1 N–H and O–H groups in total. The number of carbonyl (C=O) groups excluding carboxylic acids is 2.